The van der Waals surface area contributed by atoms with E-state index in [0.717, 1.165) is 11.5 Å². The molecule has 0 radical (unpaired) electrons. The van der Waals surface area contributed by atoms with Crippen LogP contribution in [0.2, 0.25) is 0 Å². The number of benzene rings is 2. The number of amides is 1. The highest BCUT2D eigenvalue weighted by molar-refractivity contribution is 7.99. The van der Waals surface area contributed by atoms with Gasteiger partial charge in [-0.2, -0.15) is 0 Å². The molecule has 2 aromatic rings. The first-order valence-electron chi connectivity index (χ1n) is 7.38. The van der Waals surface area contributed by atoms with Crippen molar-refractivity contribution in [3.63, 3.8) is 0 Å². The van der Waals surface area contributed by atoms with Gasteiger partial charge in [0.1, 0.15) is 12.4 Å². The van der Waals surface area contributed by atoms with Crippen LogP contribution in [0.3, 0.4) is 0 Å². The first-order valence-corrected chi connectivity index (χ1v) is 8.36. The molecule has 0 aliphatic heterocycles. The van der Waals surface area contributed by atoms with Gasteiger partial charge in [0, 0.05) is 17.1 Å². The molecule has 1 amide bonds. The molecule has 22 heavy (non-hydrogen) atoms. The van der Waals surface area contributed by atoms with Crippen LogP contribution < -0.4 is 10.1 Å². The quantitative estimate of drug-likeness (QED) is 0.596. The van der Waals surface area contributed by atoms with Crippen molar-refractivity contribution in [1.29, 1.82) is 0 Å². The topological polar surface area (TPSA) is 38.3 Å². The molecule has 0 saturated heterocycles. The number of carbonyl (C=O) groups is 1. The average molecular weight is 315 g/mol. The van der Waals surface area contributed by atoms with Gasteiger partial charge in [0.15, 0.2) is 0 Å². The van der Waals surface area contributed by atoms with Crippen molar-refractivity contribution in [2.45, 2.75) is 18.2 Å². The van der Waals surface area contributed by atoms with E-state index < -0.39 is 0 Å². The van der Waals surface area contributed by atoms with E-state index in [1.165, 1.54) is 10.5 Å². The molecular weight excluding hydrogens is 294 g/mol. The third-order valence-electron chi connectivity index (χ3n) is 3.02. The molecule has 0 aliphatic rings. The third kappa shape index (κ3) is 6.22. The maximum atomic E-state index is 11.7. The van der Waals surface area contributed by atoms with Crippen LogP contribution in [-0.2, 0) is 4.79 Å². The normalized spacial score (nSPS) is 10.2. The maximum absolute atomic E-state index is 11.7. The molecule has 0 bridgehead atoms. The largest absolute Gasteiger partial charge is 0.492 e. The summed E-state index contributed by atoms with van der Waals surface area (Å²) in [5.41, 5.74) is 1.17. The summed E-state index contributed by atoms with van der Waals surface area (Å²) in [5, 5.41) is 2.88. The fourth-order valence-electron chi connectivity index (χ4n) is 1.93. The Labute approximate surface area is 136 Å². The van der Waals surface area contributed by atoms with Crippen LogP contribution >= 0.6 is 11.8 Å². The van der Waals surface area contributed by atoms with E-state index in [-0.39, 0.29) is 5.91 Å². The van der Waals surface area contributed by atoms with Crippen molar-refractivity contribution >= 4 is 17.7 Å². The molecule has 1 N–H and O–H groups in total. The van der Waals surface area contributed by atoms with E-state index in [1.54, 1.807) is 11.8 Å². The molecule has 4 heteroatoms. The van der Waals surface area contributed by atoms with E-state index >= 15 is 0 Å². The standard InChI is InChI=1S/C18H21NO2S/c1-15-6-5-7-16(14-15)21-12-11-19-18(20)10-13-22-17-8-3-2-4-9-17/h2-9,14H,10-13H2,1H3,(H,19,20). The minimum atomic E-state index is 0.0660. The van der Waals surface area contributed by atoms with Crippen molar-refractivity contribution in [1.82, 2.24) is 5.32 Å². The number of thioether (sulfide) groups is 1. The number of hydrogen-bond acceptors (Lipinski definition) is 3. The summed E-state index contributed by atoms with van der Waals surface area (Å²) in [6.45, 7) is 3.04. The molecule has 0 aromatic heterocycles. The van der Waals surface area contributed by atoms with Gasteiger partial charge in [-0.15, -0.1) is 11.8 Å². The van der Waals surface area contributed by atoms with Crippen LogP contribution in [0.25, 0.3) is 0 Å². The summed E-state index contributed by atoms with van der Waals surface area (Å²) in [5.74, 6) is 1.69. The molecule has 0 aliphatic carbocycles. The highest BCUT2D eigenvalue weighted by Gasteiger charge is 2.02. The molecule has 0 fully saturated rings. The number of aryl methyl sites for hydroxylation is 1. The monoisotopic (exact) mass is 315 g/mol. The predicted molar refractivity (Wildman–Crippen MR) is 91.5 cm³/mol. The van der Waals surface area contributed by atoms with E-state index in [1.807, 2.05) is 49.4 Å². The first kappa shape index (κ1) is 16.4. The fourth-order valence-corrected chi connectivity index (χ4v) is 2.80. The summed E-state index contributed by atoms with van der Waals surface area (Å²) in [7, 11) is 0. The Morgan fingerprint density at radius 1 is 1.14 bits per heavy atom. The van der Waals surface area contributed by atoms with E-state index in [2.05, 4.69) is 17.4 Å². The van der Waals surface area contributed by atoms with E-state index in [0.29, 0.717) is 19.6 Å². The number of carbonyl (C=O) groups excluding carboxylic acids is 1. The van der Waals surface area contributed by atoms with Crippen LogP contribution in [0, 0.1) is 6.92 Å². The lowest BCUT2D eigenvalue weighted by atomic mass is 10.2. The lowest BCUT2D eigenvalue weighted by molar-refractivity contribution is -0.120. The first-order chi connectivity index (χ1) is 10.7. The van der Waals surface area contributed by atoms with Gasteiger partial charge in [-0.1, -0.05) is 30.3 Å². The van der Waals surface area contributed by atoms with E-state index in [9.17, 15) is 4.79 Å². The van der Waals surface area contributed by atoms with Crippen molar-refractivity contribution in [2.75, 3.05) is 18.9 Å². The smallest absolute Gasteiger partial charge is 0.220 e. The number of hydrogen-bond donors (Lipinski definition) is 1. The van der Waals surface area contributed by atoms with Gasteiger partial charge in [0.2, 0.25) is 5.91 Å². The van der Waals surface area contributed by atoms with Crippen LogP contribution in [0.15, 0.2) is 59.5 Å². The lowest BCUT2D eigenvalue weighted by Crippen LogP contribution is -2.28. The SMILES string of the molecule is Cc1cccc(OCCNC(=O)CCSc2ccccc2)c1. The summed E-state index contributed by atoms with van der Waals surface area (Å²) in [6, 6.07) is 18.0. The third-order valence-corrected chi connectivity index (χ3v) is 4.04. The Balaban J connectivity index is 1.56. The van der Waals surface area contributed by atoms with Gasteiger partial charge in [0.25, 0.3) is 0 Å². The zero-order valence-corrected chi connectivity index (χ0v) is 13.6. The van der Waals surface area contributed by atoms with Crippen LogP contribution in [0.1, 0.15) is 12.0 Å². The highest BCUT2D eigenvalue weighted by atomic mass is 32.2. The van der Waals surface area contributed by atoms with Gasteiger partial charge in [0.05, 0.1) is 6.54 Å². The zero-order valence-electron chi connectivity index (χ0n) is 12.7. The molecule has 0 saturated carbocycles. The van der Waals surface area contributed by atoms with Gasteiger partial charge in [-0.3, -0.25) is 4.79 Å². The fraction of sp³-hybridized carbons (Fsp3) is 0.278. The summed E-state index contributed by atoms with van der Waals surface area (Å²) in [4.78, 5) is 12.9. The van der Waals surface area contributed by atoms with Gasteiger partial charge in [-0.05, 0) is 36.8 Å². The minimum Gasteiger partial charge on any atom is -0.492 e. The Morgan fingerprint density at radius 2 is 1.95 bits per heavy atom. The van der Waals surface area contributed by atoms with Crippen molar-refractivity contribution in [3.8, 4) is 5.75 Å². The highest BCUT2D eigenvalue weighted by Crippen LogP contribution is 2.17. The molecular formula is C18H21NO2S. The molecule has 0 unspecified atom stereocenters. The number of nitrogens with one attached hydrogen (secondary N) is 1. The summed E-state index contributed by atoms with van der Waals surface area (Å²) < 4.78 is 5.59. The molecule has 0 spiro atoms. The molecule has 3 nitrogen and oxygen atoms in total. The van der Waals surface area contributed by atoms with Gasteiger partial charge in [-0.25, -0.2) is 0 Å². The Morgan fingerprint density at radius 3 is 2.73 bits per heavy atom. The second-order valence-electron chi connectivity index (χ2n) is 4.93. The molecule has 0 heterocycles. The number of ether oxygens (including phenoxy) is 1. The Hall–Kier alpha value is -1.94. The second kappa shape index (κ2) is 9.15. The molecule has 0 atom stereocenters. The zero-order chi connectivity index (χ0) is 15.6. The Bertz CT molecular complexity index is 587. The van der Waals surface area contributed by atoms with Crippen LogP contribution in [0.5, 0.6) is 5.75 Å². The maximum Gasteiger partial charge on any atom is 0.220 e. The number of rotatable bonds is 8. The molecule has 116 valence electrons. The summed E-state index contributed by atoms with van der Waals surface area (Å²) in [6.07, 6.45) is 0.518. The lowest BCUT2D eigenvalue weighted by Gasteiger charge is -2.08. The molecule has 2 aromatic carbocycles. The minimum absolute atomic E-state index is 0.0660. The predicted octanol–water partition coefficient (Wildman–Crippen LogP) is 3.67. The average Bonchev–Trinajstić information content (AvgIpc) is 2.53. The van der Waals surface area contributed by atoms with Crippen molar-refractivity contribution in [2.24, 2.45) is 0 Å². The van der Waals surface area contributed by atoms with E-state index in [4.69, 9.17) is 4.74 Å². The summed E-state index contributed by atoms with van der Waals surface area (Å²) >= 11 is 1.69. The van der Waals surface area contributed by atoms with Crippen molar-refractivity contribution in [3.05, 3.63) is 60.2 Å². The second-order valence-corrected chi connectivity index (χ2v) is 6.09. The van der Waals surface area contributed by atoms with Crippen molar-refractivity contribution < 1.29 is 9.53 Å². The van der Waals surface area contributed by atoms with Crippen LogP contribution in [-0.4, -0.2) is 24.8 Å². The molecule has 2 rings (SSSR count). The van der Waals surface area contributed by atoms with Gasteiger partial charge < -0.3 is 10.1 Å². The Kier molecular flexibility index (Phi) is 6.84. The van der Waals surface area contributed by atoms with Crippen LogP contribution in [0.4, 0.5) is 0 Å². The van der Waals surface area contributed by atoms with Gasteiger partial charge >= 0.3 is 0 Å².